The van der Waals surface area contributed by atoms with Crippen LogP contribution in [-0.4, -0.2) is 47.7 Å². The van der Waals surface area contributed by atoms with Crippen LogP contribution in [0.1, 0.15) is 0 Å². The van der Waals surface area contributed by atoms with Gasteiger partial charge in [0.25, 0.3) is 0 Å². The van der Waals surface area contributed by atoms with Crippen molar-refractivity contribution in [3.05, 3.63) is 18.3 Å². The Morgan fingerprint density at radius 1 is 1.47 bits per heavy atom. The molecule has 6 nitrogen and oxygen atoms in total. The van der Waals surface area contributed by atoms with Crippen LogP contribution in [0.4, 0.5) is 0 Å². The molecule has 2 aromatic rings. The molecule has 3 rings (SSSR count). The van der Waals surface area contributed by atoms with Gasteiger partial charge in [-0.25, -0.2) is 4.98 Å². The van der Waals surface area contributed by atoms with Crippen LogP contribution < -0.4 is 4.74 Å². The van der Waals surface area contributed by atoms with E-state index in [2.05, 4.69) is 15.2 Å². The molecule has 90 valence electrons. The highest BCUT2D eigenvalue weighted by atomic mass is 16.6. The quantitative estimate of drug-likeness (QED) is 0.850. The summed E-state index contributed by atoms with van der Waals surface area (Å²) < 4.78 is 16.4. The van der Waals surface area contributed by atoms with E-state index < -0.39 is 0 Å². The van der Waals surface area contributed by atoms with Gasteiger partial charge in [-0.3, -0.25) is 5.10 Å². The van der Waals surface area contributed by atoms with Crippen LogP contribution in [-0.2, 0) is 9.47 Å². The number of nitrogens with one attached hydrogen (secondary N) is 1. The maximum atomic E-state index is 5.61. The Labute approximate surface area is 97.9 Å². The number of aromatic amines is 1. The monoisotopic (exact) mass is 235 g/mol. The molecule has 1 atom stereocenters. The Morgan fingerprint density at radius 3 is 3.35 bits per heavy atom. The molecule has 2 aromatic heterocycles. The molecule has 0 bridgehead atoms. The summed E-state index contributed by atoms with van der Waals surface area (Å²) in [6.45, 7) is 2.29. The third-order valence-electron chi connectivity index (χ3n) is 2.59. The van der Waals surface area contributed by atoms with Crippen LogP contribution in [0.2, 0.25) is 0 Å². The standard InChI is InChI=1S/C11H13N3O3/c1-2-9-10(12-3-1)13-14-11(9)17-7-8-6-15-4-5-16-8/h1-3,8H,4-7H2,(H,12,13,14). The molecule has 3 heterocycles. The zero-order valence-electron chi connectivity index (χ0n) is 9.26. The summed E-state index contributed by atoms with van der Waals surface area (Å²) in [6, 6.07) is 3.77. The van der Waals surface area contributed by atoms with Gasteiger partial charge in [0.15, 0.2) is 5.65 Å². The van der Waals surface area contributed by atoms with Gasteiger partial charge in [0.2, 0.25) is 5.88 Å². The summed E-state index contributed by atoms with van der Waals surface area (Å²) >= 11 is 0. The number of hydrogen-bond acceptors (Lipinski definition) is 5. The number of aromatic nitrogens is 3. The maximum absolute atomic E-state index is 5.61. The van der Waals surface area contributed by atoms with Crippen LogP contribution in [0.5, 0.6) is 5.88 Å². The first-order valence-electron chi connectivity index (χ1n) is 5.55. The van der Waals surface area contributed by atoms with E-state index in [-0.39, 0.29) is 6.10 Å². The highest BCUT2D eigenvalue weighted by Crippen LogP contribution is 2.20. The lowest BCUT2D eigenvalue weighted by Gasteiger charge is -2.22. The van der Waals surface area contributed by atoms with Gasteiger partial charge in [-0.05, 0) is 12.1 Å². The molecule has 1 unspecified atom stereocenters. The highest BCUT2D eigenvalue weighted by molar-refractivity contribution is 5.80. The summed E-state index contributed by atoms with van der Waals surface area (Å²) in [5.74, 6) is 0.558. The fourth-order valence-corrected chi connectivity index (χ4v) is 1.75. The Morgan fingerprint density at radius 2 is 2.47 bits per heavy atom. The van der Waals surface area contributed by atoms with Gasteiger partial charge in [-0.2, -0.15) is 0 Å². The molecule has 1 fully saturated rings. The Hall–Kier alpha value is -1.66. The van der Waals surface area contributed by atoms with Crippen LogP contribution >= 0.6 is 0 Å². The number of H-pyrrole nitrogens is 1. The molecule has 1 aliphatic heterocycles. The van der Waals surface area contributed by atoms with Gasteiger partial charge < -0.3 is 14.2 Å². The number of nitrogens with zero attached hydrogens (tertiary/aromatic N) is 2. The van der Waals surface area contributed by atoms with Crippen molar-refractivity contribution in [3.63, 3.8) is 0 Å². The number of hydrogen-bond donors (Lipinski definition) is 1. The minimum atomic E-state index is -0.0211. The molecular weight excluding hydrogens is 222 g/mol. The van der Waals surface area contributed by atoms with E-state index >= 15 is 0 Å². The van der Waals surface area contributed by atoms with E-state index in [0.717, 1.165) is 11.0 Å². The molecule has 0 radical (unpaired) electrons. The highest BCUT2D eigenvalue weighted by Gasteiger charge is 2.16. The minimum Gasteiger partial charge on any atom is -0.473 e. The summed E-state index contributed by atoms with van der Waals surface area (Å²) in [5, 5.41) is 7.77. The molecule has 0 saturated carbocycles. The molecule has 6 heteroatoms. The van der Waals surface area contributed by atoms with Crippen molar-refractivity contribution >= 4 is 11.0 Å². The Kier molecular flexibility index (Phi) is 2.89. The first-order valence-corrected chi connectivity index (χ1v) is 5.55. The minimum absolute atomic E-state index is 0.0211. The Balaban J connectivity index is 1.68. The molecule has 0 amide bonds. The average Bonchev–Trinajstić information content (AvgIpc) is 2.81. The number of ether oxygens (including phenoxy) is 3. The second-order valence-corrected chi connectivity index (χ2v) is 3.81. The summed E-state index contributed by atoms with van der Waals surface area (Å²) in [7, 11) is 0. The van der Waals surface area contributed by atoms with Crippen molar-refractivity contribution in [2.24, 2.45) is 0 Å². The zero-order chi connectivity index (χ0) is 11.5. The fourth-order valence-electron chi connectivity index (χ4n) is 1.75. The second kappa shape index (κ2) is 4.68. The predicted octanol–water partition coefficient (Wildman–Crippen LogP) is 0.752. The topological polar surface area (TPSA) is 69.3 Å². The second-order valence-electron chi connectivity index (χ2n) is 3.81. The Bertz CT molecular complexity index is 493. The average molecular weight is 235 g/mol. The molecule has 0 aliphatic carbocycles. The fraction of sp³-hybridized carbons (Fsp3) is 0.455. The van der Waals surface area contributed by atoms with Gasteiger partial charge in [0, 0.05) is 6.20 Å². The van der Waals surface area contributed by atoms with Crippen molar-refractivity contribution < 1.29 is 14.2 Å². The first kappa shape index (κ1) is 10.5. The van der Waals surface area contributed by atoms with Crippen molar-refractivity contribution in [1.82, 2.24) is 15.2 Å². The zero-order valence-corrected chi connectivity index (χ0v) is 9.26. The largest absolute Gasteiger partial charge is 0.473 e. The van der Waals surface area contributed by atoms with Gasteiger partial charge in [0.05, 0.1) is 25.2 Å². The van der Waals surface area contributed by atoms with Crippen molar-refractivity contribution in [2.45, 2.75) is 6.10 Å². The smallest absolute Gasteiger partial charge is 0.242 e. The molecule has 17 heavy (non-hydrogen) atoms. The van der Waals surface area contributed by atoms with E-state index in [1.165, 1.54) is 0 Å². The van der Waals surface area contributed by atoms with Crippen molar-refractivity contribution in [1.29, 1.82) is 0 Å². The van der Waals surface area contributed by atoms with Gasteiger partial charge in [-0.1, -0.05) is 0 Å². The molecular formula is C11H13N3O3. The van der Waals surface area contributed by atoms with E-state index in [1.54, 1.807) is 6.20 Å². The predicted molar refractivity (Wildman–Crippen MR) is 59.9 cm³/mol. The van der Waals surface area contributed by atoms with Gasteiger partial charge in [-0.15, -0.1) is 5.10 Å². The lowest BCUT2D eigenvalue weighted by atomic mass is 10.3. The van der Waals surface area contributed by atoms with Gasteiger partial charge in [0.1, 0.15) is 12.7 Å². The SMILES string of the molecule is c1cnc2[nH]nc(OCC3COCCO3)c2c1. The summed E-state index contributed by atoms with van der Waals surface area (Å²) in [4.78, 5) is 4.14. The third-order valence-corrected chi connectivity index (χ3v) is 2.59. The number of fused-ring (bicyclic) bond motifs is 1. The molecule has 0 aromatic carbocycles. The normalized spacial score (nSPS) is 20.6. The lowest BCUT2D eigenvalue weighted by molar-refractivity contribution is -0.101. The van der Waals surface area contributed by atoms with Crippen LogP contribution in [0, 0.1) is 0 Å². The number of pyridine rings is 1. The van der Waals surface area contributed by atoms with E-state index in [0.29, 0.717) is 32.3 Å². The van der Waals surface area contributed by atoms with Crippen LogP contribution in [0.3, 0.4) is 0 Å². The first-order chi connectivity index (χ1) is 8.43. The molecule has 1 N–H and O–H groups in total. The van der Waals surface area contributed by atoms with E-state index in [9.17, 15) is 0 Å². The van der Waals surface area contributed by atoms with Crippen molar-refractivity contribution in [2.75, 3.05) is 26.4 Å². The van der Waals surface area contributed by atoms with E-state index in [4.69, 9.17) is 14.2 Å². The van der Waals surface area contributed by atoms with Crippen LogP contribution in [0.15, 0.2) is 18.3 Å². The third kappa shape index (κ3) is 2.22. The molecule has 1 saturated heterocycles. The van der Waals surface area contributed by atoms with Crippen LogP contribution in [0.25, 0.3) is 11.0 Å². The molecule has 1 aliphatic rings. The van der Waals surface area contributed by atoms with Gasteiger partial charge >= 0.3 is 0 Å². The lowest BCUT2D eigenvalue weighted by Crippen LogP contribution is -2.33. The number of rotatable bonds is 3. The molecule has 0 spiro atoms. The van der Waals surface area contributed by atoms with E-state index in [1.807, 2.05) is 12.1 Å². The summed E-state index contributed by atoms with van der Waals surface area (Å²) in [6.07, 6.45) is 1.69. The van der Waals surface area contributed by atoms with Crippen molar-refractivity contribution in [3.8, 4) is 5.88 Å². The summed E-state index contributed by atoms with van der Waals surface area (Å²) in [5.41, 5.74) is 0.725. The maximum Gasteiger partial charge on any atom is 0.242 e.